The summed E-state index contributed by atoms with van der Waals surface area (Å²) >= 11 is 0. The van der Waals surface area contributed by atoms with Crippen molar-refractivity contribution in [2.45, 2.75) is 0 Å². The first-order valence-corrected chi connectivity index (χ1v) is 3.35. The van der Waals surface area contributed by atoms with Crippen molar-refractivity contribution >= 4 is 5.91 Å². The number of likely N-dealkylation sites (N-methyl/N-ethyl adjacent to an activating group) is 1. The Bertz CT molecular complexity index is 267. The van der Waals surface area contributed by atoms with Gasteiger partial charge in [0, 0.05) is 13.6 Å². The smallest absolute Gasteiger partial charge is 0.295 e. The highest BCUT2D eigenvalue weighted by Crippen LogP contribution is 1.92. The molecule has 0 fully saturated rings. The topological polar surface area (TPSA) is 74.8 Å². The van der Waals surface area contributed by atoms with E-state index in [0.717, 1.165) is 0 Å². The molecule has 1 amide bonds. The summed E-state index contributed by atoms with van der Waals surface area (Å²) in [5.41, 5.74) is 0. The zero-order chi connectivity index (χ0) is 8.97. The van der Waals surface area contributed by atoms with Crippen molar-refractivity contribution in [2.24, 2.45) is 0 Å². The zero-order valence-corrected chi connectivity index (χ0v) is 6.69. The van der Waals surface area contributed by atoms with Gasteiger partial charge in [-0.05, 0) is 5.21 Å². The molecule has 0 saturated carbocycles. The second-order valence-corrected chi connectivity index (χ2v) is 2.21. The number of aromatic amines is 1. The number of hydrogen-bond donors (Lipinski definition) is 1. The molecule has 0 bridgehead atoms. The molecule has 0 aromatic carbocycles. The van der Waals surface area contributed by atoms with E-state index in [1.54, 1.807) is 13.1 Å². The van der Waals surface area contributed by atoms with E-state index in [9.17, 15) is 4.79 Å². The number of carbonyl (C=O) groups excluding carboxylic acids is 1. The molecule has 6 nitrogen and oxygen atoms in total. The van der Waals surface area contributed by atoms with E-state index in [0.29, 0.717) is 6.54 Å². The maximum Gasteiger partial charge on any atom is 0.295 e. The summed E-state index contributed by atoms with van der Waals surface area (Å²) in [6.45, 7) is 3.97. The maximum atomic E-state index is 11.3. The van der Waals surface area contributed by atoms with Crippen LogP contribution in [0.25, 0.3) is 0 Å². The van der Waals surface area contributed by atoms with Gasteiger partial charge < -0.3 is 4.90 Å². The van der Waals surface area contributed by atoms with Crippen LogP contribution in [-0.2, 0) is 0 Å². The zero-order valence-electron chi connectivity index (χ0n) is 6.69. The lowest BCUT2D eigenvalue weighted by Gasteiger charge is -2.10. The average Bonchev–Trinajstić information content (AvgIpc) is 2.55. The van der Waals surface area contributed by atoms with Gasteiger partial charge in [0.15, 0.2) is 0 Å². The fourth-order valence-electron chi connectivity index (χ4n) is 0.700. The van der Waals surface area contributed by atoms with Crippen LogP contribution in [0, 0.1) is 0 Å². The van der Waals surface area contributed by atoms with Crippen molar-refractivity contribution < 1.29 is 4.79 Å². The molecule has 0 radical (unpaired) electrons. The number of tetrazole rings is 1. The summed E-state index contributed by atoms with van der Waals surface area (Å²) in [5, 5.41) is 12.6. The van der Waals surface area contributed by atoms with Crippen LogP contribution in [0.4, 0.5) is 0 Å². The largest absolute Gasteiger partial charge is 0.335 e. The van der Waals surface area contributed by atoms with Crippen molar-refractivity contribution in [3.8, 4) is 0 Å². The van der Waals surface area contributed by atoms with Crippen LogP contribution in [-0.4, -0.2) is 45.0 Å². The Kier molecular flexibility index (Phi) is 2.52. The number of nitrogens with zero attached hydrogens (tertiary/aromatic N) is 4. The van der Waals surface area contributed by atoms with Gasteiger partial charge in [0.25, 0.3) is 11.7 Å². The number of H-pyrrole nitrogens is 1. The minimum Gasteiger partial charge on any atom is -0.335 e. The molecular formula is C6H9N5O. The van der Waals surface area contributed by atoms with Crippen molar-refractivity contribution in [1.29, 1.82) is 0 Å². The van der Waals surface area contributed by atoms with Gasteiger partial charge in [-0.15, -0.1) is 16.8 Å². The van der Waals surface area contributed by atoms with Crippen LogP contribution in [0.1, 0.15) is 10.6 Å². The highest BCUT2D eigenvalue weighted by molar-refractivity contribution is 5.89. The summed E-state index contributed by atoms with van der Waals surface area (Å²) in [4.78, 5) is 12.7. The molecule has 1 N–H and O–H groups in total. The standard InChI is InChI=1S/C6H9N5O/c1-3-4-11(2)6(12)5-7-9-10-8-5/h3H,1,4H2,2H3,(H,7,8,9,10). The van der Waals surface area contributed by atoms with Crippen LogP contribution in [0.5, 0.6) is 0 Å². The minimum absolute atomic E-state index is 0.0688. The Hall–Kier alpha value is -1.72. The van der Waals surface area contributed by atoms with Gasteiger partial charge in [-0.25, -0.2) is 0 Å². The van der Waals surface area contributed by atoms with E-state index in [2.05, 4.69) is 27.2 Å². The Morgan fingerprint density at radius 1 is 1.83 bits per heavy atom. The Morgan fingerprint density at radius 2 is 2.58 bits per heavy atom. The Labute approximate surface area is 69.3 Å². The SMILES string of the molecule is C=CCN(C)C(=O)c1nn[nH]n1. The molecule has 64 valence electrons. The van der Waals surface area contributed by atoms with Crippen LogP contribution in [0.2, 0.25) is 0 Å². The van der Waals surface area contributed by atoms with Gasteiger partial charge in [0.2, 0.25) is 0 Å². The highest BCUT2D eigenvalue weighted by atomic mass is 16.2. The van der Waals surface area contributed by atoms with Crippen molar-refractivity contribution in [3.05, 3.63) is 18.5 Å². The van der Waals surface area contributed by atoms with Crippen molar-refractivity contribution in [3.63, 3.8) is 0 Å². The summed E-state index contributed by atoms with van der Waals surface area (Å²) < 4.78 is 0. The van der Waals surface area contributed by atoms with Crippen LogP contribution in [0.15, 0.2) is 12.7 Å². The molecule has 0 aliphatic carbocycles. The average molecular weight is 167 g/mol. The highest BCUT2D eigenvalue weighted by Gasteiger charge is 2.14. The maximum absolute atomic E-state index is 11.3. The first-order valence-electron chi connectivity index (χ1n) is 3.35. The van der Waals surface area contributed by atoms with E-state index < -0.39 is 0 Å². The van der Waals surface area contributed by atoms with Crippen molar-refractivity contribution in [1.82, 2.24) is 25.5 Å². The molecule has 1 heterocycles. The van der Waals surface area contributed by atoms with E-state index >= 15 is 0 Å². The predicted molar refractivity (Wildman–Crippen MR) is 41.3 cm³/mol. The van der Waals surface area contributed by atoms with Crippen LogP contribution < -0.4 is 0 Å². The molecule has 0 atom stereocenters. The second kappa shape index (κ2) is 3.61. The van der Waals surface area contributed by atoms with Crippen LogP contribution >= 0.6 is 0 Å². The normalized spacial score (nSPS) is 9.42. The molecule has 12 heavy (non-hydrogen) atoms. The molecule has 0 spiro atoms. The third-order valence-corrected chi connectivity index (χ3v) is 1.29. The number of hydrogen-bond acceptors (Lipinski definition) is 4. The monoisotopic (exact) mass is 167 g/mol. The van der Waals surface area contributed by atoms with Gasteiger partial charge >= 0.3 is 0 Å². The predicted octanol–water partition coefficient (Wildman–Crippen LogP) is -0.542. The number of nitrogens with one attached hydrogen (secondary N) is 1. The molecule has 6 heteroatoms. The number of amides is 1. The second-order valence-electron chi connectivity index (χ2n) is 2.21. The molecule has 0 aliphatic rings. The summed E-state index contributed by atoms with van der Waals surface area (Å²) in [5.74, 6) is -0.206. The number of aromatic nitrogens is 4. The molecule has 1 aromatic rings. The molecule has 0 aliphatic heterocycles. The van der Waals surface area contributed by atoms with E-state index in [4.69, 9.17) is 0 Å². The van der Waals surface area contributed by atoms with Crippen molar-refractivity contribution in [2.75, 3.05) is 13.6 Å². The lowest BCUT2D eigenvalue weighted by molar-refractivity contribution is 0.0798. The first kappa shape index (κ1) is 8.38. The van der Waals surface area contributed by atoms with Gasteiger partial charge in [-0.3, -0.25) is 4.79 Å². The quantitative estimate of drug-likeness (QED) is 0.613. The van der Waals surface area contributed by atoms with Crippen LogP contribution in [0.3, 0.4) is 0 Å². The third-order valence-electron chi connectivity index (χ3n) is 1.29. The summed E-state index contributed by atoms with van der Waals surface area (Å²) in [6, 6.07) is 0. The van der Waals surface area contributed by atoms with Gasteiger partial charge in [-0.1, -0.05) is 6.08 Å². The molecule has 1 rings (SSSR count). The fraction of sp³-hybridized carbons (Fsp3) is 0.333. The lowest BCUT2D eigenvalue weighted by atomic mass is 10.4. The number of carbonyl (C=O) groups is 1. The molecule has 1 aromatic heterocycles. The molecule has 0 unspecified atom stereocenters. The van der Waals surface area contributed by atoms with Gasteiger partial charge in [-0.2, -0.15) is 5.21 Å². The summed E-state index contributed by atoms with van der Waals surface area (Å²) in [7, 11) is 1.64. The summed E-state index contributed by atoms with van der Waals surface area (Å²) in [6.07, 6.45) is 1.62. The van der Waals surface area contributed by atoms with E-state index in [1.807, 2.05) is 0 Å². The minimum atomic E-state index is -0.274. The Morgan fingerprint density at radius 3 is 3.08 bits per heavy atom. The third kappa shape index (κ3) is 1.66. The van der Waals surface area contributed by atoms with E-state index in [1.165, 1.54) is 4.90 Å². The Balaban J connectivity index is 2.65. The first-order chi connectivity index (χ1) is 5.75. The van der Waals surface area contributed by atoms with Gasteiger partial charge in [0.1, 0.15) is 0 Å². The fourth-order valence-corrected chi connectivity index (χ4v) is 0.700. The molecular weight excluding hydrogens is 158 g/mol. The van der Waals surface area contributed by atoms with Gasteiger partial charge in [0.05, 0.1) is 0 Å². The number of rotatable bonds is 3. The lowest BCUT2D eigenvalue weighted by Crippen LogP contribution is -2.27. The molecule has 0 saturated heterocycles. The van der Waals surface area contributed by atoms with E-state index in [-0.39, 0.29) is 11.7 Å².